The van der Waals surface area contributed by atoms with Crippen LogP contribution in [0.2, 0.25) is 0 Å². The number of hydrogen-bond donors (Lipinski definition) is 2. The maximum Gasteiger partial charge on any atom is 0.239 e. The van der Waals surface area contributed by atoms with Crippen LogP contribution in [0.4, 0.5) is 5.69 Å². The van der Waals surface area contributed by atoms with Crippen LogP contribution in [-0.4, -0.2) is 32.6 Å². The van der Waals surface area contributed by atoms with E-state index in [0.717, 1.165) is 29.7 Å². The average molecular weight is 326 g/mol. The largest absolute Gasteiger partial charge is 0.362 e. The van der Waals surface area contributed by atoms with Crippen molar-refractivity contribution in [2.75, 3.05) is 31.6 Å². The monoisotopic (exact) mass is 325 g/mol. The van der Waals surface area contributed by atoms with Gasteiger partial charge in [-0.1, -0.05) is 22.0 Å². The molecule has 0 aliphatic carbocycles. The molecule has 1 heterocycles. The molecule has 1 aliphatic rings. The molecule has 1 aromatic rings. The summed E-state index contributed by atoms with van der Waals surface area (Å²) in [7, 11) is 1.95. The molecule has 4 nitrogen and oxygen atoms in total. The third-order valence-corrected chi connectivity index (χ3v) is 4.20. The van der Waals surface area contributed by atoms with Crippen molar-refractivity contribution in [1.29, 1.82) is 0 Å². The summed E-state index contributed by atoms with van der Waals surface area (Å²) in [6.45, 7) is 4.24. The van der Waals surface area contributed by atoms with Crippen molar-refractivity contribution in [2.24, 2.45) is 0 Å². The molecule has 5 heteroatoms. The van der Waals surface area contributed by atoms with Crippen LogP contribution in [0, 0.1) is 0 Å². The zero-order chi connectivity index (χ0) is 13.8. The molecule has 1 aliphatic heterocycles. The first kappa shape index (κ1) is 14.3. The predicted octanol–water partition coefficient (Wildman–Crippen LogP) is 2.06. The SMILES string of the molecule is CNC(C)c1ccc(N2CCCNC(=O)C2)cc1Br. The van der Waals surface area contributed by atoms with Gasteiger partial charge in [-0.2, -0.15) is 0 Å². The summed E-state index contributed by atoms with van der Waals surface area (Å²) in [5, 5.41) is 6.13. The Labute approximate surface area is 122 Å². The lowest BCUT2D eigenvalue weighted by Crippen LogP contribution is -2.33. The summed E-state index contributed by atoms with van der Waals surface area (Å²) >= 11 is 3.62. The molecule has 1 saturated heterocycles. The Balaban J connectivity index is 2.21. The molecule has 2 rings (SSSR count). The molecule has 19 heavy (non-hydrogen) atoms. The lowest BCUT2D eigenvalue weighted by atomic mass is 10.1. The molecule has 2 N–H and O–H groups in total. The molecule has 1 atom stereocenters. The van der Waals surface area contributed by atoms with Crippen LogP contribution < -0.4 is 15.5 Å². The summed E-state index contributed by atoms with van der Waals surface area (Å²) in [6, 6.07) is 6.60. The van der Waals surface area contributed by atoms with Gasteiger partial charge in [-0.25, -0.2) is 0 Å². The van der Waals surface area contributed by atoms with Gasteiger partial charge in [0, 0.05) is 29.3 Å². The molecule has 0 saturated carbocycles. The van der Waals surface area contributed by atoms with Gasteiger partial charge in [0.25, 0.3) is 0 Å². The third kappa shape index (κ3) is 3.48. The van der Waals surface area contributed by atoms with Gasteiger partial charge in [-0.05, 0) is 38.1 Å². The first-order valence-electron chi connectivity index (χ1n) is 6.60. The van der Waals surface area contributed by atoms with Gasteiger partial charge in [-0.3, -0.25) is 4.79 Å². The van der Waals surface area contributed by atoms with Crippen LogP contribution in [0.25, 0.3) is 0 Å². The standard InChI is InChI=1S/C14H20BrN3O/c1-10(16-2)12-5-4-11(8-13(12)15)18-7-3-6-17-14(19)9-18/h4-5,8,10,16H,3,6-7,9H2,1-2H3,(H,17,19). The molecule has 1 amide bonds. The van der Waals surface area contributed by atoms with E-state index in [1.165, 1.54) is 5.56 Å². The van der Waals surface area contributed by atoms with Gasteiger partial charge in [0.2, 0.25) is 5.91 Å². The number of carbonyl (C=O) groups is 1. The Morgan fingerprint density at radius 2 is 2.26 bits per heavy atom. The van der Waals surface area contributed by atoms with E-state index in [9.17, 15) is 4.79 Å². The lowest BCUT2D eigenvalue weighted by molar-refractivity contribution is -0.119. The minimum Gasteiger partial charge on any atom is -0.362 e. The number of nitrogens with zero attached hydrogens (tertiary/aromatic N) is 1. The van der Waals surface area contributed by atoms with E-state index in [2.05, 4.69) is 56.6 Å². The molecule has 0 bridgehead atoms. The van der Waals surface area contributed by atoms with Crippen molar-refractivity contribution < 1.29 is 4.79 Å². The highest BCUT2D eigenvalue weighted by Crippen LogP contribution is 2.28. The molecule has 104 valence electrons. The summed E-state index contributed by atoms with van der Waals surface area (Å²) < 4.78 is 1.08. The zero-order valence-electron chi connectivity index (χ0n) is 11.4. The van der Waals surface area contributed by atoms with Crippen LogP contribution in [-0.2, 0) is 4.79 Å². The second-order valence-electron chi connectivity index (χ2n) is 4.84. The van der Waals surface area contributed by atoms with Crippen molar-refractivity contribution >= 4 is 27.5 Å². The number of anilines is 1. The maximum absolute atomic E-state index is 11.6. The number of halogens is 1. The van der Waals surface area contributed by atoms with E-state index in [1.807, 2.05) is 7.05 Å². The van der Waals surface area contributed by atoms with E-state index in [4.69, 9.17) is 0 Å². The van der Waals surface area contributed by atoms with Crippen molar-refractivity contribution in [3.63, 3.8) is 0 Å². The molecule has 0 spiro atoms. The van der Waals surface area contributed by atoms with Crippen molar-refractivity contribution in [2.45, 2.75) is 19.4 Å². The molecule has 1 aromatic carbocycles. The van der Waals surface area contributed by atoms with E-state index in [-0.39, 0.29) is 5.91 Å². The fourth-order valence-corrected chi connectivity index (χ4v) is 2.96. The highest BCUT2D eigenvalue weighted by Gasteiger charge is 2.16. The van der Waals surface area contributed by atoms with Gasteiger partial charge in [-0.15, -0.1) is 0 Å². The van der Waals surface area contributed by atoms with Gasteiger partial charge in [0.1, 0.15) is 0 Å². The van der Waals surface area contributed by atoms with Crippen LogP contribution in [0.5, 0.6) is 0 Å². The van der Waals surface area contributed by atoms with Gasteiger partial charge in [0.05, 0.1) is 6.54 Å². The van der Waals surface area contributed by atoms with E-state index >= 15 is 0 Å². The van der Waals surface area contributed by atoms with Gasteiger partial charge >= 0.3 is 0 Å². The number of hydrogen-bond acceptors (Lipinski definition) is 3. The first-order chi connectivity index (χ1) is 9.11. The average Bonchev–Trinajstić information content (AvgIpc) is 2.62. The number of rotatable bonds is 3. The molecule has 0 radical (unpaired) electrons. The minimum absolute atomic E-state index is 0.0984. The Morgan fingerprint density at radius 3 is 2.95 bits per heavy atom. The summed E-state index contributed by atoms with van der Waals surface area (Å²) in [4.78, 5) is 13.7. The number of carbonyl (C=O) groups excluding carboxylic acids is 1. The molecule has 1 fully saturated rings. The zero-order valence-corrected chi connectivity index (χ0v) is 13.0. The van der Waals surface area contributed by atoms with Crippen LogP contribution in [0.3, 0.4) is 0 Å². The Hall–Kier alpha value is -1.07. The molecular formula is C14H20BrN3O. The molecule has 0 aromatic heterocycles. The Bertz CT molecular complexity index is 464. The summed E-state index contributed by atoms with van der Waals surface area (Å²) in [5.41, 5.74) is 2.32. The van der Waals surface area contributed by atoms with Gasteiger partial charge in [0.15, 0.2) is 0 Å². The normalized spacial score (nSPS) is 17.8. The van der Waals surface area contributed by atoms with Crippen molar-refractivity contribution in [3.05, 3.63) is 28.2 Å². The van der Waals surface area contributed by atoms with Crippen LogP contribution in [0.15, 0.2) is 22.7 Å². The number of nitrogens with one attached hydrogen (secondary N) is 2. The smallest absolute Gasteiger partial charge is 0.239 e. The lowest BCUT2D eigenvalue weighted by Gasteiger charge is -2.23. The fraction of sp³-hybridized carbons (Fsp3) is 0.500. The summed E-state index contributed by atoms with van der Waals surface area (Å²) in [6.07, 6.45) is 0.984. The van der Waals surface area contributed by atoms with Crippen LogP contribution in [0.1, 0.15) is 24.9 Å². The predicted molar refractivity (Wildman–Crippen MR) is 81.5 cm³/mol. The first-order valence-corrected chi connectivity index (χ1v) is 7.39. The number of amides is 1. The summed E-state index contributed by atoms with van der Waals surface area (Å²) in [5.74, 6) is 0.0984. The van der Waals surface area contributed by atoms with Crippen molar-refractivity contribution in [1.82, 2.24) is 10.6 Å². The highest BCUT2D eigenvalue weighted by molar-refractivity contribution is 9.10. The van der Waals surface area contributed by atoms with Gasteiger partial charge < -0.3 is 15.5 Å². The Morgan fingerprint density at radius 1 is 1.47 bits per heavy atom. The minimum atomic E-state index is 0.0984. The second-order valence-corrected chi connectivity index (χ2v) is 5.70. The van der Waals surface area contributed by atoms with E-state index < -0.39 is 0 Å². The fourth-order valence-electron chi connectivity index (χ4n) is 2.25. The maximum atomic E-state index is 11.6. The highest BCUT2D eigenvalue weighted by atomic mass is 79.9. The van der Waals surface area contributed by atoms with Crippen molar-refractivity contribution in [3.8, 4) is 0 Å². The quantitative estimate of drug-likeness (QED) is 0.894. The topological polar surface area (TPSA) is 44.4 Å². The number of benzene rings is 1. The molecular weight excluding hydrogens is 306 g/mol. The van der Waals surface area contributed by atoms with Crippen LogP contribution >= 0.6 is 15.9 Å². The van der Waals surface area contributed by atoms with E-state index in [1.54, 1.807) is 0 Å². The Kier molecular flexibility index (Phi) is 4.82. The second kappa shape index (κ2) is 6.39. The third-order valence-electron chi connectivity index (χ3n) is 3.51. The van der Waals surface area contributed by atoms with E-state index in [0.29, 0.717) is 12.6 Å². The molecule has 1 unspecified atom stereocenters.